The maximum absolute atomic E-state index is 12.8. The van der Waals surface area contributed by atoms with Crippen LogP contribution in [0.3, 0.4) is 0 Å². The van der Waals surface area contributed by atoms with Gasteiger partial charge in [0.05, 0.1) is 22.2 Å². The summed E-state index contributed by atoms with van der Waals surface area (Å²) in [7, 11) is 0. The maximum Gasteiger partial charge on any atom is 0.416 e. The Balaban J connectivity index is 1.68. The highest BCUT2D eigenvalue weighted by Crippen LogP contribution is 2.35. The van der Waals surface area contributed by atoms with E-state index < -0.39 is 23.6 Å². The largest absolute Gasteiger partial charge is 0.416 e. The molecule has 4 nitrogen and oxygen atoms in total. The van der Waals surface area contributed by atoms with Crippen LogP contribution in [0.25, 0.3) is 0 Å². The van der Waals surface area contributed by atoms with E-state index in [1.54, 1.807) is 4.90 Å². The van der Waals surface area contributed by atoms with Crippen LogP contribution in [-0.2, 0) is 15.8 Å². The number of rotatable bonds is 3. The number of likely N-dealkylation sites (tertiary alicyclic amines) is 1. The molecule has 0 radical (unpaired) electrons. The molecule has 1 aliphatic heterocycles. The van der Waals surface area contributed by atoms with Gasteiger partial charge in [-0.25, -0.2) is 0 Å². The van der Waals surface area contributed by atoms with Gasteiger partial charge in [0, 0.05) is 19.0 Å². The lowest BCUT2D eigenvalue weighted by Crippen LogP contribution is -2.38. The highest BCUT2D eigenvalue weighted by atomic mass is 35.5. The number of carbonyl (C=O) groups excluding carboxylic acids is 2. The third-order valence-corrected chi connectivity index (χ3v) is 5.43. The van der Waals surface area contributed by atoms with Gasteiger partial charge in [-0.2, -0.15) is 13.2 Å². The Labute approximate surface area is 154 Å². The lowest BCUT2D eigenvalue weighted by atomic mass is 9.94. The fraction of sp³-hybridized carbons (Fsp3) is 0.556. The summed E-state index contributed by atoms with van der Waals surface area (Å²) in [5.74, 6) is -1.11. The highest BCUT2D eigenvalue weighted by molar-refractivity contribution is 6.33. The molecule has 1 saturated heterocycles. The molecule has 2 fully saturated rings. The van der Waals surface area contributed by atoms with E-state index in [4.69, 9.17) is 11.6 Å². The molecule has 0 spiro atoms. The Bertz CT molecular complexity index is 702. The first-order valence-electron chi connectivity index (χ1n) is 8.73. The summed E-state index contributed by atoms with van der Waals surface area (Å²) in [6, 6.07) is 2.96. The molecule has 1 unspecified atom stereocenters. The van der Waals surface area contributed by atoms with Gasteiger partial charge in [0.25, 0.3) is 0 Å². The Morgan fingerprint density at radius 2 is 1.88 bits per heavy atom. The number of anilines is 1. The number of hydrogen-bond donors (Lipinski definition) is 1. The fourth-order valence-electron chi connectivity index (χ4n) is 3.69. The van der Waals surface area contributed by atoms with E-state index in [0.717, 1.165) is 50.3 Å². The maximum atomic E-state index is 12.8. The molecule has 0 aromatic heterocycles. The molecule has 1 heterocycles. The monoisotopic (exact) mass is 388 g/mol. The van der Waals surface area contributed by atoms with E-state index in [1.165, 1.54) is 0 Å². The first kappa shape index (κ1) is 19.0. The van der Waals surface area contributed by atoms with Crippen molar-refractivity contribution < 1.29 is 22.8 Å². The summed E-state index contributed by atoms with van der Waals surface area (Å²) in [5, 5.41) is 2.49. The van der Waals surface area contributed by atoms with Crippen LogP contribution in [0, 0.1) is 5.92 Å². The molecule has 26 heavy (non-hydrogen) atoms. The van der Waals surface area contributed by atoms with Gasteiger partial charge >= 0.3 is 6.18 Å². The second-order valence-electron chi connectivity index (χ2n) is 6.92. The number of carbonyl (C=O) groups is 2. The van der Waals surface area contributed by atoms with Crippen LogP contribution in [0.2, 0.25) is 5.02 Å². The van der Waals surface area contributed by atoms with E-state index in [2.05, 4.69) is 5.32 Å². The number of benzene rings is 1. The van der Waals surface area contributed by atoms with Crippen molar-refractivity contribution in [2.24, 2.45) is 5.92 Å². The zero-order valence-corrected chi connectivity index (χ0v) is 14.9. The summed E-state index contributed by atoms with van der Waals surface area (Å²) in [6.45, 7) is 0.311. The SMILES string of the molecule is O=C(Nc1cc(C(F)(F)F)ccc1Cl)C1CC(=O)N(C2CCCCC2)C1. The Kier molecular flexibility index (Phi) is 5.46. The first-order valence-corrected chi connectivity index (χ1v) is 9.10. The van der Waals surface area contributed by atoms with Crippen molar-refractivity contribution in [1.29, 1.82) is 0 Å². The number of halogens is 4. The Hall–Kier alpha value is -1.76. The number of amides is 2. The van der Waals surface area contributed by atoms with Crippen LogP contribution in [-0.4, -0.2) is 29.3 Å². The molecule has 8 heteroatoms. The van der Waals surface area contributed by atoms with Crippen LogP contribution >= 0.6 is 11.6 Å². The Morgan fingerprint density at radius 1 is 1.19 bits per heavy atom. The van der Waals surface area contributed by atoms with Crippen LogP contribution in [0.4, 0.5) is 18.9 Å². The van der Waals surface area contributed by atoms with Gasteiger partial charge in [-0.15, -0.1) is 0 Å². The van der Waals surface area contributed by atoms with Crippen molar-refractivity contribution in [3.05, 3.63) is 28.8 Å². The average molecular weight is 389 g/mol. The number of alkyl halides is 3. The van der Waals surface area contributed by atoms with Crippen LogP contribution in [0.1, 0.15) is 44.1 Å². The molecule has 1 aromatic carbocycles. The second kappa shape index (κ2) is 7.47. The van der Waals surface area contributed by atoms with E-state index in [-0.39, 0.29) is 29.1 Å². The zero-order valence-electron chi connectivity index (χ0n) is 14.1. The van der Waals surface area contributed by atoms with E-state index in [9.17, 15) is 22.8 Å². The second-order valence-corrected chi connectivity index (χ2v) is 7.33. The van der Waals surface area contributed by atoms with Crippen molar-refractivity contribution in [2.45, 2.75) is 50.7 Å². The molecule has 1 atom stereocenters. The predicted molar refractivity (Wildman–Crippen MR) is 91.8 cm³/mol. The minimum atomic E-state index is -4.52. The van der Waals surface area contributed by atoms with Crippen LogP contribution in [0.15, 0.2) is 18.2 Å². The van der Waals surface area contributed by atoms with Crippen molar-refractivity contribution >= 4 is 29.1 Å². The summed E-state index contributed by atoms with van der Waals surface area (Å²) in [5.41, 5.74) is -0.974. The van der Waals surface area contributed by atoms with Gasteiger partial charge < -0.3 is 10.2 Å². The number of nitrogens with zero attached hydrogens (tertiary/aromatic N) is 1. The van der Waals surface area contributed by atoms with Crippen molar-refractivity contribution in [1.82, 2.24) is 4.90 Å². The molecular formula is C18H20ClF3N2O2. The van der Waals surface area contributed by atoms with Gasteiger partial charge in [-0.1, -0.05) is 30.9 Å². The van der Waals surface area contributed by atoms with Crippen molar-refractivity contribution in [2.75, 3.05) is 11.9 Å². The number of hydrogen-bond acceptors (Lipinski definition) is 2. The van der Waals surface area contributed by atoms with E-state index in [0.29, 0.717) is 6.54 Å². The molecular weight excluding hydrogens is 369 g/mol. The lowest BCUT2D eigenvalue weighted by Gasteiger charge is -2.31. The molecule has 142 valence electrons. The highest BCUT2D eigenvalue weighted by Gasteiger charge is 2.38. The lowest BCUT2D eigenvalue weighted by molar-refractivity contribution is -0.137. The van der Waals surface area contributed by atoms with Crippen LogP contribution in [0.5, 0.6) is 0 Å². The van der Waals surface area contributed by atoms with Gasteiger partial charge in [-0.05, 0) is 31.0 Å². The van der Waals surface area contributed by atoms with E-state index in [1.807, 2.05) is 0 Å². The van der Waals surface area contributed by atoms with Gasteiger partial charge in [-0.3, -0.25) is 9.59 Å². The quantitative estimate of drug-likeness (QED) is 0.830. The van der Waals surface area contributed by atoms with Gasteiger partial charge in [0.15, 0.2) is 0 Å². The minimum Gasteiger partial charge on any atom is -0.339 e. The van der Waals surface area contributed by atoms with E-state index >= 15 is 0 Å². The summed E-state index contributed by atoms with van der Waals surface area (Å²) in [4.78, 5) is 26.5. The molecule has 1 aromatic rings. The summed E-state index contributed by atoms with van der Waals surface area (Å²) >= 11 is 5.92. The molecule has 1 aliphatic carbocycles. The minimum absolute atomic E-state index is 0.0276. The molecule has 2 amide bonds. The fourth-order valence-corrected chi connectivity index (χ4v) is 3.85. The molecule has 2 aliphatic rings. The third-order valence-electron chi connectivity index (χ3n) is 5.10. The summed E-state index contributed by atoms with van der Waals surface area (Å²) in [6.07, 6.45) is 0.760. The number of nitrogens with one attached hydrogen (secondary N) is 1. The normalized spacial score (nSPS) is 21.9. The first-order chi connectivity index (χ1) is 12.3. The van der Waals surface area contributed by atoms with Gasteiger partial charge in [0.2, 0.25) is 11.8 Å². The molecule has 0 bridgehead atoms. The molecule has 3 rings (SSSR count). The predicted octanol–water partition coefficient (Wildman–Crippen LogP) is 4.48. The van der Waals surface area contributed by atoms with Gasteiger partial charge in [0.1, 0.15) is 0 Å². The smallest absolute Gasteiger partial charge is 0.339 e. The topological polar surface area (TPSA) is 49.4 Å². The summed E-state index contributed by atoms with van der Waals surface area (Å²) < 4.78 is 38.5. The van der Waals surface area contributed by atoms with Crippen LogP contribution < -0.4 is 5.32 Å². The zero-order chi connectivity index (χ0) is 18.9. The molecule has 1 saturated carbocycles. The van der Waals surface area contributed by atoms with Crippen molar-refractivity contribution in [3.63, 3.8) is 0 Å². The standard InChI is InChI=1S/C18H20ClF3N2O2/c19-14-7-6-12(18(20,21)22)9-15(14)23-17(26)11-8-16(25)24(10-11)13-4-2-1-3-5-13/h6-7,9,11,13H,1-5,8,10H2,(H,23,26). The molecule has 1 N–H and O–H groups in total. The third kappa shape index (κ3) is 4.14. The Morgan fingerprint density at radius 3 is 2.54 bits per heavy atom. The van der Waals surface area contributed by atoms with Crippen molar-refractivity contribution in [3.8, 4) is 0 Å². The average Bonchev–Trinajstić information content (AvgIpc) is 2.98.